The number of para-hydroxylation sites is 1. The van der Waals surface area contributed by atoms with Crippen LogP contribution in [0.3, 0.4) is 0 Å². The van der Waals surface area contributed by atoms with Gasteiger partial charge < -0.3 is 9.80 Å². The molecule has 2 aromatic carbocycles. The maximum Gasteiger partial charge on any atom is 0.242 e. The van der Waals surface area contributed by atoms with Crippen molar-refractivity contribution in [3.8, 4) is 0 Å². The lowest BCUT2D eigenvalue weighted by molar-refractivity contribution is -0.131. The van der Waals surface area contributed by atoms with E-state index in [1.165, 1.54) is 16.1 Å². The molecule has 1 fully saturated rings. The highest BCUT2D eigenvalue weighted by molar-refractivity contribution is 8.00. The van der Waals surface area contributed by atoms with Crippen LogP contribution in [-0.4, -0.2) is 60.2 Å². The molecule has 0 spiro atoms. The molecule has 0 N–H and O–H groups in total. The third kappa shape index (κ3) is 4.47. The van der Waals surface area contributed by atoms with Crippen molar-refractivity contribution < 1.29 is 4.79 Å². The van der Waals surface area contributed by atoms with Gasteiger partial charge in [0.1, 0.15) is 0 Å². The molecule has 27 heavy (non-hydrogen) atoms. The number of hydrogen-bond donors (Lipinski definition) is 0. The fraction of sp³-hybridized carbons (Fsp3) is 0.409. The minimum atomic E-state index is 0.253. The van der Waals surface area contributed by atoms with Crippen LogP contribution in [0.4, 0.5) is 5.69 Å². The molecular formula is C22H27N3OS. The Kier molecular flexibility index (Phi) is 5.69. The Bertz CT molecular complexity index is 774. The number of amides is 1. The zero-order valence-corrected chi connectivity index (χ0v) is 16.7. The molecule has 2 aliphatic rings. The largest absolute Gasteiger partial charge is 0.360 e. The zero-order chi connectivity index (χ0) is 18.6. The molecule has 5 heteroatoms. The molecule has 0 aromatic heterocycles. The third-order valence-corrected chi connectivity index (χ3v) is 6.46. The maximum atomic E-state index is 12.9. The van der Waals surface area contributed by atoms with Gasteiger partial charge in [-0.1, -0.05) is 49.4 Å². The molecule has 2 aromatic rings. The Morgan fingerprint density at radius 1 is 1.00 bits per heavy atom. The van der Waals surface area contributed by atoms with Crippen molar-refractivity contribution in [2.75, 3.05) is 44.2 Å². The molecule has 1 atom stereocenters. The topological polar surface area (TPSA) is 26.8 Å². The van der Waals surface area contributed by atoms with Crippen molar-refractivity contribution >= 4 is 23.4 Å². The van der Waals surface area contributed by atoms with E-state index in [-0.39, 0.29) is 5.91 Å². The standard InChI is InChI=1S/C22H27N3OS/c1-18-15-25(20-9-5-6-10-21(20)27-18)17-22(26)24-13-11-23(12-14-24)16-19-7-3-2-4-8-19/h2-10,18H,11-17H2,1H3/t18-/m1/s1. The van der Waals surface area contributed by atoms with Gasteiger partial charge in [-0.3, -0.25) is 9.69 Å². The lowest BCUT2D eigenvalue weighted by Crippen LogP contribution is -2.51. The fourth-order valence-corrected chi connectivity index (χ4v) is 5.05. The average molecular weight is 382 g/mol. The first-order valence-electron chi connectivity index (χ1n) is 9.74. The molecule has 1 saturated heterocycles. The van der Waals surface area contributed by atoms with Gasteiger partial charge in [0, 0.05) is 49.4 Å². The summed E-state index contributed by atoms with van der Waals surface area (Å²) in [5.74, 6) is 0.253. The Hall–Kier alpha value is -1.98. The average Bonchev–Trinajstić information content (AvgIpc) is 2.69. The van der Waals surface area contributed by atoms with Crippen molar-refractivity contribution in [3.63, 3.8) is 0 Å². The second kappa shape index (κ2) is 8.36. The van der Waals surface area contributed by atoms with E-state index in [9.17, 15) is 4.79 Å². The predicted molar refractivity (Wildman–Crippen MR) is 112 cm³/mol. The van der Waals surface area contributed by atoms with Crippen LogP contribution in [0.5, 0.6) is 0 Å². The van der Waals surface area contributed by atoms with Gasteiger partial charge in [-0.25, -0.2) is 0 Å². The Balaban J connectivity index is 1.32. The van der Waals surface area contributed by atoms with Crippen LogP contribution < -0.4 is 4.90 Å². The van der Waals surface area contributed by atoms with E-state index in [0.29, 0.717) is 11.8 Å². The van der Waals surface area contributed by atoms with Crippen molar-refractivity contribution in [3.05, 3.63) is 60.2 Å². The minimum Gasteiger partial charge on any atom is -0.360 e. The van der Waals surface area contributed by atoms with Gasteiger partial charge in [-0.15, -0.1) is 11.8 Å². The number of piperazine rings is 1. The molecule has 4 nitrogen and oxygen atoms in total. The first-order chi connectivity index (χ1) is 13.2. The van der Waals surface area contributed by atoms with E-state index in [0.717, 1.165) is 39.3 Å². The van der Waals surface area contributed by atoms with Crippen molar-refractivity contribution in [2.45, 2.75) is 23.6 Å². The first-order valence-corrected chi connectivity index (χ1v) is 10.6. The number of carbonyl (C=O) groups is 1. The summed E-state index contributed by atoms with van der Waals surface area (Å²) < 4.78 is 0. The van der Waals surface area contributed by atoms with Crippen LogP contribution in [0.15, 0.2) is 59.5 Å². The third-order valence-electron chi connectivity index (χ3n) is 5.31. The van der Waals surface area contributed by atoms with E-state index in [1.54, 1.807) is 0 Å². The highest BCUT2D eigenvalue weighted by Gasteiger charge is 2.27. The van der Waals surface area contributed by atoms with Gasteiger partial charge in [0.05, 0.1) is 12.2 Å². The van der Waals surface area contributed by atoms with E-state index >= 15 is 0 Å². The smallest absolute Gasteiger partial charge is 0.242 e. The normalized spacial score (nSPS) is 20.4. The van der Waals surface area contributed by atoms with Crippen LogP contribution in [0.2, 0.25) is 0 Å². The van der Waals surface area contributed by atoms with E-state index in [4.69, 9.17) is 0 Å². The number of carbonyl (C=O) groups excluding carboxylic acids is 1. The summed E-state index contributed by atoms with van der Waals surface area (Å²) in [7, 11) is 0. The minimum absolute atomic E-state index is 0.253. The van der Waals surface area contributed by atoms with Gasteiger partial charge in [-0.2, -0.15) is 0 Å². The molecule has 0 radical (unpaired) electrons. The number of thioether (sulfide) groups is 1. The van der Waals surface area contributed by atoms with Gasteiger partial charge in [0.2, 0.25) is 5.91 Å². The highest BCUT2D eigenvalue weighted by Crippen LogP contribution is 2.37. The summed E-state index contributed by atoms with van der Waals surface area (Å²) in [6.07, 6.45) is 0. The molecule has 142 valence electrons. The maximum absolute atomic E-state index is 12.9. The summed E-state index contributed by atoms with van der Waals surface area (Å²) in [5, 5.41) is 0.510. The Labute approximate surface area is 166 Å². The fourth-order valence-electron chi connectivity index (χ4n) is 3.89. The van der Waals surface area contributed by atoms with E-state index in [2.05, 4.69) is 71.3 Å². The number of anilines is 1. The predicted octanol–water partition coefficient (Wildman–Crippen LogP) is 3.33. The van der Waals surface area contributed by atoms with Crippen LogP contribution in [0, 0.1) is 0 Å². The Morgan fingerprint density at radius 2 is 1.70 bits per heavy atom. The van der Waals surface area contributed by atoms with Crippen molar-refractivity contribution in [1.29, 1.82) is 0 Å². The van der Waals surface area contributed by atoms with Gasteiger partial charge in [0.15, 0.2) is 0 Å². The summed E-state index contributed by atoms with van der Waals surface area (Å²) in [4.78, 5) is 20.9. The lowest BCUT2D eigenvalue weighted by atomic mass is 10.2. The zero-order valence-electron chi connectivity index (χ0n) is 15.9. The summed E-state index contributed by atoms with van der Waals surface area (Å²) in [6.45, 7) is 8.17. The summed E-state index contributed by atoms with van der Waals surface area (Å²) in [6, 6.07) is 19.0. The van der Waals surface area contributed by atoms with E-state index < -0.39 is 0 Å². The molecule has 1 amide bonds. The number of fused-ring (bicyclic) bond motifs is 1. The quantitative estimate of drug-likeness (QED) is 0.812. The lowest BCUT2D eigenvalue weighted by Gasteiger charge is -2.38. The van der Waals surface area contributed by atoms with Crippen LogP contribution in [0.25, 0.3) is 0 Å². The van der Waals surface area contributed by atoms with Gasteiger partial charge in [0.25, 0.3) is 0 Å². The first kappa shape index (κ1) is 18.4. The molecular weight excluding hydrogens is 354 g/mol. The van der Waals surface area contributed by atoms with Crippen LogP contribution >= 0.6 is 11.8 Å². The van der Waals surface area contributed by atoms with E-state index in [1.807, 2.05) is 16.7 Å². The number of rotatable bonds is 4. The van der Waals surface area contributed by atoms with Crippen LogP contribution in [-0.2, 0) is 11.3 Å². The second-order valence-electron chi connectivity index (χ2n) is 7.42. The number of nitrogens with zero attached hydrogens (tertiary/aromatic N) is 3. The molecule has 0 saturated carbocycles. The number of hydrogen-bond acceptors (Lipinski definition) is 4. The molecule has 2 aliphatic heterocycles. The van der Waals surface area contributed by atoms with Crippen molar-refractivity contribution in [2.24, 2.45) is 0 Å². The molecule has 4 rings (SSSR count). The molecule has 0 bridgehead atoms. The molecule has 2 heterocycles. The number of benzene rings is 2. The highest BCUT2D eigenvalue weighted by atomic mass is 32.2. The van der Waals surface area contributed by atoms with Gasteiger partial charge in [-0.05, 0) is 17.7 Å². The summed E-state index contributed by atoms with van der Waals surface area (Å²) >= 11 is 1.91. The van der Waals surface area contributed by atoms with Gasteiger partial charge >= 0.3 is 0 Å². The Morgan fingerprint density at radius 3 is 2.48 bits per heavy atom. The molecule has 0 unspecified atom stereocenters. The second-order valence-corrected chi connectivity index (χ2v) is 8.90. The summed E-state index contributed by atoms with van der Waals surface area (Å²) in [5.41, 5.74) is 2.55. The SMILES string of the molecule is C[C@@H]1CN(CC(=O)N2CCN(Cc3ccccc3)CC2)c2ccccc2S1. The monoisotopic (exact) mass is 381 g/mol. The van der Waals surface area contributed by atoms with Crippen LogP contribution in [0.1, 0.15) is 12.5 Å². The van der Waals surface area contributed by atoms with Crippen molar-refractivity contribution in [1.82, 2.24) is 9.80 Å². The molecule has 0 aliphatic carbocycles.